The molecule has 1 aromatic heterocycles. The number of carbonyl (C=O) groups excluding carboxylic acids is 1. The van der Waals surface area contributed by atoms with Crippen LogP contribution in [0.1, 0.15) is 53.5 Å². The highest BCUT2D eigenvalue weighted by Gasteiger charge is 2.30. The van der Waals surface area contributed by atoms with E-state index in [0.29, 0.717) is 23.5 Å². The van der Waals surface area contributed by atoms with Crippen LogP contribution in [0.15, 0.2) is 35.2 Å². The maximum atomic E-state index is 12.8. The predicted octanol–water partition coefficient (Wildman–Crippen LogP) is 2.70. The summed E-state index contributed by atoms with van der Waals surface area (Å²) in [6.07, 6.45) is 5.23. The second kappa shape index (κ2) is 6.39. The van der Waals surface area contributed by atoms with Crippen molar-refractivity contribution < 1.29 is 9.32 Å². The number of carbonyl (C=O) groups is 1. The largest absolute Gasteiger partial charge is 0.343 e. The van der Waals surface area contributed by atoms with Crippen molar-refractivity contribution in [3.8, 4) is 6.07 Å². The third-order valence-corrected chi connectivity index (χ3v) is 3.95. The minimum absolute atomic E-state index is 0.0545. The molecule has 2 aromatic rings. The molecule has 0 N–H and O–H groups in total. The monoisotopic (exact) mass is 296 g/mol. The summed E-state index contributed by atoms with van der Waals surface area (Å²) in [5.74, 6) is 0.505. The fourth-order valence-electron chi connectivity index (χ4n) is 2.80. The van der Waals surface area contributed by atoms with Gasteiger partial charge < -0.3 is 9.42 Å². The van der Waals surface area contributed by atoms with Crippen LogP contribution in [0.2, 0.25) is 0 Å². The van der Waals surface area contributed by atoms with Crippen LogP contribution in [0, 0.1) is 11.3 Å². The van der Waals surface area contributed by atoms with Gasteiger partial charge in [0.2, 0.25) is 6.39 Å². The van der Waals surface area contributed by atoms with E-state index in [0.717, 1.165) is 25.7 Å². The van der Waals surface area contributed by atoms with E-state index >= 15 is 0 Å². The Morgan fingerprint density at radius 3 is 2.77 bits per heavy atom. The van der Waals surface area contributed by atoms with Crippen molar-refractivity contribution >= 4 is 5.91 Å². The van der Waals surface area contributed by atoms with Gasteiger partial charge in [0.05, 0.1) is 17.7 Å². The van der Waals surface area contributed by atoms with Crippen molar-refractivity contribution in [1.82, 2.24) is 15.0 Å². The van der Waals surface area contributed by atoms with Gasteiger partial charge in [0.25, 0.3) is 5.91 Å². The number of likely N-dealkylation sites (tertiary alicyclic amines) is 1. The smallest absolute Gasteiger partial charge is 0.254 e. The van der Waals surface area contributed by atoms with Gasteiger partial charge in [-0.1, -0.05) is 18.0 Å². The number of amides is 1. The average Bonchev–Trinajstić information content (AvgIpc) is 2.99. The van der Waals surface area contributed by atoms with E-state index in [-0.39, 0.29) is 11.9 Å². The highest BCUT2D eigenvalue weighted by Crippen LogP contribution is 2.29. The molecule has 1 aliphatic rings. The topological polar surface area (TPSA) is 83.0 Å². The Morgan fingerprint density at radius 1 is 1.27 bits per heavy atom. The molecular formula is C16H16N4O2. The van der Waals surface area contributed by atoms with Gasteiger partial charge in [0, 0.05) is 12.1 Å². The average molecular weight is 296 g/mol. The molecule has 3 rings (SSSR count). The maximum Gasteiger partial charge on any atom is 0.254 e. The molecule has 0 spiro atoms. The highest BCUT2D eigenvalue weighted by molar-refractivity contribution is 5.94. The van der Waals surface area contributed by atoms with E-state index in [9.17, 15) is 4.79 Å². The molecular weight excluding hydrogens is 280 g/mol. The second-order valence-corrected chi connectivity index (χ2v) is 5.34. The van der Waals surface area contributed by atoms with Crippen LogP contribution in [0.25, 0.3) is 0 Å². The number of aromatic nitrogens is 2. The zero-order chi connectivity index (χ0) is 15.4. The number of rotatable bonds is 2. The molecule has 112 valence electrons. The third kappa shape index (κ3) is 2.84. The van der Waals surface area contributed by atoms with Crippen molar-refractivity contribution in [2.75, 3.05) is 6.54 Å². The zero-order valence-electron chi connectivity index (χ0n) is 12.1. The van der Waals surface area contributed by atoms with Crippen LogP contribution in [0.4, 0.5) is 0 Å². The highest BCUT2D eigenvalue weighted by atomic mass is 16.5. The van der Waals surface area contributed by atoms with Crippen molar-refractivity contribution in [1.29, 1.82) is 5.26 Å². The molecule has 1 amide bonds. The Kier molecular flexibility index (Phi) is 4.15. The summed E-state index contributed by atoms with van der Waals surface area (Å²) in [4.78, 5) is 18.8. The Morgan fingerprint density at radius 2 is 2.09 bits per heavy atom. The van der Waals surface area contributed by atoms with Crippen LogP contribution < -0.4 is 0 Å². The van der Waals surface area contributed by atoms with E-state index < -0.39 is 0 Å². The van der Waals surface area contributed by atoms with Crippen molar-refractivity contribution in [3.63, 3.8) is 0 Å². The van der Waals surface area contributed by atoms with E-state index in [2.05, 4.69) is 16.2 Å². The first-order valence-corrected chi connectivity index (χ1v) is 7.37. The van der Waals surface area contributed by atoms with E-state index in [1.165, 1.54) is 6.39 Å². The van der Waals surface area contributed by atoms with Crippen molar-refractivity contribution in [2.45, 2.75) is 31.7 Å². The summed E-state index contributed by atoms with van der Waals surface area (Å²) >= 11 is 0. The van der Waals surface area contributed by atoms with Gasteiger partial charge in [0.1, 0.15) is 0 Å². The summed E-state index contributed by atoms with van der Waals surface area (Å²) in [6.45, 7) is 0.679. The summed E-state index contributed by atoms with van der Waals surface area (Å²) in [6, 6.07) is 8.62. The number of nitriles is 1. The van der Waals surface area contributed by atoms with E-state index in [1.54, 1.807) is 24.3 Å². The Labute approximate surface area is 128 Å². The number of hydrogen-bond acceptors (Lipinski definition) is 5. The summed E-state index contributed by atoms with van der Waals surface area (Å²) in [5.41, 5.74) is 1.12. The zero-order valence-corrected chi connectivity index (χ0v) is 12.1. The predicted molar refractivity (Wildman–Crippen MR) is 77.7 cm³/mol. The van der Waals surface area contributed by atoms with Crippen molar-refractivity contribution in [3.05, 3.63) is 47.6 Å². The molecule has 22 heavy (non-hydrogen) atoms. The standard InChI is InChI=1S/C16H16N4O2/c17-10-12-5-7-13(8-6-12)16(21)20-9-3-1-2-4-14(20)15-18-11-22-19-15/h5-8,11,14H,1-4,9H2. The fraction of sp³-hybridized carbons (Fsp3) is 0.375. The van der Waals surface area contributed by atoms with Crippen LogP contribution in [-0.2, 0) is 0 Å². The number of nitrogens with zero attached hydrogens (tertiary/aromatic N) is 4. The first kappa shape index (κ1) is 14.3. The lowest BCUT2D eigenvalue weighted by atomic mass is 10.1. The molecule has 2 heterocycles. The molecule has 1 fully saturated rings. The summed E-state index contributed by atoms with van der Waals surface area (Å²) < 4.78 is 4.84. The maximum absolute atomic E-state index is 12.8. The van der Waals surface area contributed by atoms with Gasteiger partial charge >= 0.3 is 0 Å². The lowest BCUT2D eigenvalue weighted by Crippen LogP contribution is -2.35. The second-order valence-electron chi connectivity index (χ2n) is 5.34. The molecule has 0 saturated carbocycles. The van der Waals surface area contributed by atoms with Gasteiger partial charge in [-0.25, -0.2) is 0 Å². The van der Waals surface area contributed by atoms with Gasteiger partial charge in [-0.15, -0.1) is 0 Å². The van der Waals surface area contributed by atoms with Gasteiger partial charge in [-0.3, -0.25) is 4.79 Å². The first-order chi connectivity index (χ1) is 10.8. The van der Waals surface area contributed by atoms with Crippen LogP contribution in [0.3, 0.4) is 0 Å². The Hall–Kier alpha value is -2.68. The minimum Gasteiger partial charge on any atom is -0.343 e. The summed E-state index contributed by atoms with van der Waals surface area (Å²) in [5, 5.41) is 12.8. The minimum atomic E-state index is -0.149. The molecule has 1 atom stereocenters. The van der Waals surface area contributed by atoms with Gasteiger partial charge in [0.15, 0.2) is 5.82 Å². The molecule has 0 aliphatic carbocycles. The molecule has 0 bridgehead atoms. The Balaban J connectivity index is 1.88. The first-order valence-electron chi connectivity index (χ1n) is 7.37. The van der Waals surface area contributed by atoms with E-state index in [1.807, 2.05) is 4.90 Å². The summed E-state index contributed by atoms with van der Waals surface area (Å²) in [7, 11) is 0. The Bertz CT molecular complexity index is 673. The fourth-order valence-corrected chi connectivity index (χ4v) is 2.80. The molecule has 6 heteroatoms. The van der Waals surface area contributed by atoms with Gasteiger partial charge in [-0.2, -0.15) is 10.2 Å². The van der Waals surface area contributed by atoms with Crippen LogP contribution >= 0.6 is 0 Å². The molecule has 1 unspecified atom stereocenters. The molecule has 1 saturated heterocycles. The van der Waals surface area contributed by atoms with Crippen molar-refractivity contribution in [2.24, 2.45) is 0 Å². The number of hydrogen-bond donors (Lipinski definition) is 0. The lowest BCUT2D eigenvalue weighted by Gasteiger charge is -2.27. The quantitative estimate of drug-likeness (QED) is 0.850. The molecule has 1 aromatic carbocycles. The van der Waals surface area contributed by atoms with Crippen LogP contribution in [-0.4, -0.2) is 27.5 Å². The normalized spacial score (nSPS) is 18.5. The lowest BCUT2D eigenvalue weighted by molar-refractivity contribution is 0.0670. The number of benzene rings is 1. The molecule has 6 nitrogen and oxygen atoms in total. The SMILES string of the molecule is N#Cc1ccc(C(=O)N2CCCCCC2c2ncon2)cc1. The molecule has 0 radical (unpaired) electrons. The molecule has 1 aliphatic heterocycles. The third-order valence-electron chi connectivity index (χ3n) is 3.95. The van der Waals surface area contributed by atoms with E-state index in [4.69, 9.17) is 9.78 Å². The van der Waals surface area contributed by atoms with Gasteiger partial charge in [-0.05, 0) is 37.1 Å². The van der Waals surface area contributed by atoms with Crippen LogP contribution in [0.5, 0.6) is 0 Å².